The van der Waals surface area contributed by atoms with Gasteiger partial charge in [0, 0.05) is 19.3 Å². The first-order chi connectivity index (χ1) is 9.70. The average Bonchev–Trinajstić information content (AvgIpc) is 2.40. The van der Waals surface area contributed by atoms with Gasteiger partial charge in [-0.25, -0.2) is 8.42 Å². The van der Waals surface area contributed by atoms with Gasteiger partial charge in [0.05, 0.1) is 11.6 Å². The molecule has 0 spiro atoms. The summed E-state index contributed by atoms with van der Waals surface area (Å²) in [5, 5.41) is 2.70. The molecule has 1 amide bonds. The molecule has 1 aromatic rings. The van der Waals surface area contributed by atoms with Crippen molar-refractivity contribution in [3.05, 3.63) is 22.7 Å². The summed E-state index contributed by atoms with van der Waals surface area (Å²) in [6.45, 7) is 3.88. The first-order valence-electron chi connectivity index (χ1n) is 6.48. The Hall–Kier alpha value is -1.31. The third kappa shape index (κ3) is 4.33. The number of hydrogen-bond donors (Lipinski definition) is 2. The lowest BCUT2D eigenvalue weighted by Crippen LogP contribution is -2.38. The van der Waals surface area contributed by atoms with Crippen LogP contribution in [0.5, 0.6) is 0 Å². The number of nitrogens with two attached hydrogens (primary N) is 1. The zero-order valence-electron chi connectivity index (χ0n) is 12.3. The molecule has 0 aliphatic carbocycles. The monoisotopic (exact) mass is 333 g/mol. The number of anilines is 1. The Balaban J connectivity index is 3.00. The standard InChI is InChI=1S/C13H20ClN3O3S/c1-4-5-16-13(18)8-17(3)21(19,20)12-7-11(15)9(2)6-10(12)14/h6-7H,4-5,8,15H2,1-3H3,(H,16,18). The lowest BCUT2D eigenvalue weighted by Gasteiger charge is -2.18. The molecular formula is C13H20ClN3O3S. The van der Waals surface area contributed by atoms with Crippen LogP contribution in [0.15, 0.2) is 17.0 Å². The Morgan fingerprint density at radius 3 is 2.62 bits per heavy atom. The maximum Gasteiger partial charge on any atom is 0.244 e. The van der Waals surface area contributed by atoms with Crippen molar-refractivity contribution in [2.45, 2.75) is 25.2 Å². The zero-order chi connectivity index (χ0) is 16.2. The van der Waals surface area contributed by atoms with Crippen molar-refractivity contribution in [3.8, 4) is 0 Å². The van der Waals surface area contributed by atoms with Gasteiger partial charge in [-0.05, 0) is 31.0 Å². The number of amides is 1. The molecule has 21 heavy (non-hydrogen) atoms. The molecule has 0 fully saturated rings. The number of benzene rings is 1. The molecule has 3 N–H and O–H groups in total. The Bertz CT molecular complexity index is 632. The van der Waals surface area contributed by atoms with E-state index in [1.54, 1.807) is 6.92 Å². The van der Waals surface area contributed by atoms with Gasteiger partial charge in [0.2, 0.25) is 15.9 Å². The highest BCUT2D eigenvalue weighted by molar-refractivity contribution is 7.89. The summed E-state index contributed by atoms with van der Waals surface area (Å²) in [6, 6.07) is 2.81. The fourth-order valence-electron chi connectivity index (χ4n) is 1.64. The molecule has 1 aromatic carbocycles. The predicted octanol–water partition coefficient (Wildman–Crippen LogP) is 1.38. The summed E-state index contributed by atoms with van der Waals surface area (Å²) in [7, 11) is -2.54. The number of sulfonamides is 1. The third-order valence-corrected chi connectivity index (χ3v) is 5.22. The van der Waals surface area contributed by atoms with Gasteiger partial charge >= 0.3 is 0 Å². The number of halogens is 1. The van der Waals surface area contributed by atoms with Crippen LogP contribution in [0.25, 0.3) is 0 Å². The van der Waals surface area contributed by atoms with Crippen molar-refractivity contribution in [2.75, 3.05) is 25.9 Å². The molecule has 0 saturated heterocycles. The molecule has 0 atom stereocenters. The van der Waals surface area contributed by atoms with Gasteiger partial charge in [-0.1, -0.05) is 18.5 Å². The van der Waals surface area contributed by atoms with Gasteiger partial charge in [0.25, 0.3) is 0 Å². The summed E-state index contributed by atoms with van der Waals surface area (Å²) >= 11 is 5.99. The topological polar surface area (TPSA) is 92.5 Å². The number of aryl methyl sites for hydroxylation is 1. The van der Waals surface area contributed by atoms with E-state index >= 15 is 0 Å². The molecule has 8 heteroatoms. The third-order valence-electron chi connectivity index (χ3n) is 2.95. The Kier molecular flexibility index (Phi) is 6.00. The molecule has 0 aliphatic heterocycles. The van der Waals surface area contributed by atoms with E-state index in [4.69, 9.17) is 17.3 Å². The highest BCUT2D eigenvalue weighted by Crippen LogP contribution is 2.28. The normalized spacial score (nSPS) is 11.7. The number of carbonyl (C=O) groups excluding carboxylic acids is 1. The van der Waals surface area contributed by atoms with Crippen molar-refractivity contribution in [1.82, 2.24) is 9.62 Å². The van der Waals surface area contributed by atoms with Crippen LogP contribution < -0.4 is 11.1 Å². The Labute approximate surface area is 130 Å². The fraction of sp³-hybridized carbons (Fsp3) is 0.462. The van der Waals surface area contributed by atoms with Crippen LogP contribution in [-0.4, -0.2) is 38.8 Å². The minimum Gasteiger partial charge on any atom is -0.398 e. The van der Waals surface area contributed by atoms with Crippen molar-refractivity contribution in [2.24, 2.45) is 0 Å². The lowest BCUT2D eigenvalue weighted by atomic mass is 10.2. The molecule has 0 heterocycles. The molecule has 0 saturated carbocycles. The summed E-state index contributed by atoms with van der Waals surface area (Å²) < 4.78 is 25.8. The zero-order valence-corrected chi connectivity index (χ0v) is 13.9. The second-order valence-electron chi connectivity index (χ2n) is 4.75. The average molecular weight is 334 g/mol. The highest BCUT2D eigenvalue weighted by Gasteiger charge is 2.26. The van der Waals surface area contributed by atoms with Gasteiger partial charge in [-0.15, -0.1) is 0 Å². The van der Waals surface area contributed by atoms with Gasteiger partial charge in [-0.3, -0.25) is 4.79 Å². The number of likely N-dealkylation sites (N-methyl/N-ethyl adjacent to an activating group) is 1. The number of rotatable bonds is 6. The maximum atomic E-state index is 12.4. The van der Waals surface area contributed by atoms with Crippen molar-refractivity contribution < 1.29 is 13.2 Å². The summed E-state index contributed by atoms with van der Waals surface area (Å²) in [6.07, 6.45) is 0.780. The van der Waals surface area contributed by atoms with Crippen LogP contribution in [0.1, 0.15) is 18.9 Å². The summed E-state index contributed by atoms with van der Waals surface area (Å²) in [4.78, 5) is 11.5. The first kappa shape index (κ1) is 17.7. The Morgan fingerprint density at radius 2 is 2.05 bits per heavy atom. The van der Waals surface area contributed by atoms with Crippen LogP contribution in [0.3, 0.4) is 0 Å². The highest BCUT2D eigenvalue weighted by atomic mass is 35.5. The molecule has 0 bridgehead atoms. The number of nitrogen functional groups attached to an aromatic ring is 1. The fourth-order valence-corrected chi connectivity index (χ4v) is 3.36. The van der Waals surface area contributed by atoms with Crippen molar-refractivity contribution in [1.29, 1.82) is 0 Å². The maximum absolute atomic E-state index is 12.4. The number of nitrogens with zero attached hydrogens (tertiary/aromatic N) is 1. The summed E-state index contributed by atoms with van der Waals surface area (Å²) in [5.74, 6) is -0.362. The largest absolute Gasteiger partial charge is 0.398 e. The van der Waals surface area contributed by atoms with E-state index in [-0.39, 0.29) is 22.4 Å². The second kappa shape index (κ2) is 7.11. The first-order valence-corrected chi connectivity index (χ1v) is 8.30. The molecule has 0 unspecified atom stereocenters. The van der Waals surface area contributed by atoms with Crippen molar-refractivity contribution in [3.63, 3.8) is 0 Å². The van der Waals surface area contributed by atoms with Crippen LogP contribution in [0.2, 0.25) is 5.02 Å². The lowest BCUT2D eigenvalue weighted by molar-refractivity contribution is -0.121. The minimum absolute atomic E-state index is 0.0857. The van der Waals surface area contributed by atoms with E-state index in [1.807, 2.05) is 6.92 Å². The molecule has 0 radical (unpaired) electrons. The smallest absolute Gasteiger partial charge is 0.244 e. The molecule has 118 valence electrons. The van der Waals surface area contributed by atoms with Gasteiger partial charge in [0.1, 0.15) is 4.90 Å². The number of carbonyl (C=O) groups is 1. The van der Waals surface area contributed by atoms with Crippen LogP contribution in [-0.2, 0) is 14.8 Å². The van der Waals surface area contributed by atoms with Gasteiger partial charge in [-0.2, -0.15) is 4.31 Å². The van der Waals surface area contributed by atoms with Crippen LogP contribution in [0.4, 0.5) is 5.69 Å². The number of nitrogens with one attached hydrogen (secondary N) is 1. The van der Waals surface area contributed by atoms with Crippen LogP contribution in [0, 0.1) is 6.92 Å². The van der Waals surface area contributed by atoms with E-state index < -0.39 is 10.0 Å². The predicted molar refractivity (Wildman–Crippen MR) is 83.7 cm³/mol. The van der Waals surface area contributed by atoms with E-state index in [0.29, 0.717) is 17.8 Å². The Morgan fingerprint density at radius 1 is 1.43 bits per heavy atom. The van der Waals surface area contributed by atoms with Gasteiger partial charge < -0.3 is 11.1 Å². The molecule has 6 nitrogen and oxygen atoms in total. The molecule has 0 aromatic heterocycles. The van der Waals surface area contributed by atoms with Crippen molar-refractivity contribution >= 4 is 33.2 Å². The molecule has 0 aliphatic rings. The van der Waals surface area contributed by atoms with E-state index in [1.165, 1.54) is 19.2 Å². The van der Waals surface area contributed by atoms with E-state index in [2.05, 4.69) is 5.32 Å². The van der Waals surface area contributed by atoms with E-state index in [0.717, 1.165) is 10.7 Å². The molecular weight excluding hydrogens is 314 g/mol. The second-order valence-corrected chi connectivity index (χ2v) is 7.17. The van der Waals surface area contributed by atoms with Gasteiger partial charge in [0.15, 0.2) is 0 Å². The van der Waals surface area contributed by atoms with E-state index in [9.17, 15) is 13.2 Å². The SMILES string of the molecule is CCCNC(=O)CN(C)S(=O)(=O)c1cc(N)c(C)cc1Cl. The minimum atomic E-state index is -3.87. The quantitative estimate of drug-likeness (QED) is 0.769. The molecule has 1 rings (SSSR count). The number of hydrogen-bond acceptors (Lipinski definition) is 4. The van der Waals surface area contributed by atoms with Crippen LogP contribution >= 0.6 is 11.6 Å². The summed E-state index contributed by atoms with van der Waals surface area (Å²) in [5.41, 5.74) is 6.76.